The van der Waals surface area contributed by atoms with Crippen LogP contribution in [0, 0.1) is 5.92 Å². The standard InChI is InChI=1S/C18H22ClF3N2O3S/c1-12(13-4-5-13)24(11-18(20,21)22)17(25)15-10-14(6-7-16(15)19)28(26,27)23-8-2-3-9-23/h6-7,10,12-13H,2-5,8-9,11H2,1H3/t12-/m0/s1. The lowest BCUT2D eigenvalue weighted by Gasteiger charge is -2.30. The van der Waals surface area contributed by atoms with Crippen molar-refractivity contribution < 1.29 is 26.4 Å². The maximum Gasteiger partial charge on any atom is 0.406 e. The quantitative estimate of drug-likeness (QED) is 0.676. The molecular formula is C18H22ClF3N2O3S. The van der Waals surface area contributed by atoms with Crippen molar-refractivity contribution in [3.63, 3.8) is 0 Å². The molecule has 1 atom stereocenters. The second-order valence-corrected chi connectivity index (χ2v) is 9.72. The molecule has 10 heteroatoms. The van der Waals surface area contributed by atoms with Crippen LogP contribution in [0.15, 0.2) is 23.1 Å². The highest BCUT2D eigenvalue weighted by Crippen LogP contribution is 2.37. The van der Waals surface area contributed by atoms with Gasteiger partial charge in [-0.2, -0.15) is 17.5 Å². The molecule has 0 N–H and O–H groups in total. The second kappa shape index (κ2) is 7.84. The van der Waals surface area contributed by atoms with Gasteiger partial charge in [0.05, 0.1) is 15.5 Å². The van der Waals surface area contributed by atoms with Gasteiger partial charge in [0.1, 0.15) is 6.54 Å². The molecule has 2 fully saturated rings. The van der Waals surface area contributed by atoms with E-state index in [0.29, 0.717) is 13.1 Å². The predicted molar refractivity (Wildman–Crippen MR) is 98.7 cm³/mol. The summed E-state index contributed by atoms with van der Waals surface area (Å²) in [5.41, 5.74) is -0.223. The Bertz CT molecular complexity index is 850. The van der Waals surface area contributed by atoms with Crippen molar-refractivity contribution in [3.8, 4) is 0 Å². The summed E-state index contributed by atoms with van der Waals surface area (Å²) in [5.74, 6) is -0.887. The maximum atomic E-state index is 13.1. The van der Waals surface area contributed by atoms with Gasteiger partial charge < -0.3 is 4.90 Å². The first-order valence-corrected chi connectivity index (χ1v) is 11.0. The van der Waals surface area contributed by atoms with Crippen molar-refractivity contribution in [2.75, 3.05) is 19.6 Å². The van der Waals surface area contributed by atoms with Gasteiger partial charge in [0.15, 0.2) is 0 Å². The normalized spacial score (nSPS) is 19.6. The summed E-state index contributed by atoms with van der Waals surface area (Å²) in [7, 11) is -3.81. The average molecular weight is 439 g/mol. The van der Waals surface area contributed by atoms with Crippen LogP contribution in [0.3, 0.4) is 0 Å². The van der Waals surface area contributed by atoms with Crippen LogP contribution in [0.2, 0.25) is 5.02 Å². The van der Waals surface area contributed by atoms with Crippen molar-refractivity contribution in [1.82, 2.24) is 9.21 Å². The van der Waals surface area contributed by atoms with Crippen LogP contribution in [0.1, 0.15) is 43.0 Å². The zero-order valence-corrected chi connectivity index (χ0v) is 16.9. The summed E-state index contributed by atoms with van der Waals surface area (Å²) >= 11 is 6.08. The second-order valence-electron chi connectivity index (χ2n) is 7.38. The lowest BCUT2D eigenvalue weighted by atomic mass is 10.1. The van der Waals surface area contributed by atoms with Crippen LogP contribution in [0.25, 0.3) is 0 Å². The van der Waals surface area contributed by atoms with E-state index >= 15 is 0 Å². The molecule has 0 aromatic heterocycles. The van der Waals surface area contributed by atoms with Gasteiger partial charge in [0, 0.05) is 19.1 Å². The van der Waals surface area contributed by atoms with Gasteiger partial charge in [0.2, 0.25) is 10.0 Å². The van der Waals surface area contributed by atoms with Crippen LogP contribution in [0.5, 0.6) is 0 Å². The summed E-state index contributed by atoms with van der Waals surface area (Å²) < 4.78 is 66.0. The van der Waals surface area contributed by atoms with Gasteiger partial charge in [-0.25, -0.2) is 8.42 Å². The third-order valence-electron chi connectivity index (χ3n) is 5.28. The minimum atomic E-state index is -4.56. The summed E-state index contributed by atoms with van der Waals surface area (Å²) in [4.78, 5) is 13.6. The number of nitrogens with zero attached hydrogens (tertiary/aromatic N) is 2. The topological polar surface area (TPSA) is 57.7 Å². The monoisotopic (exact) mass is 438 g/mol. The van der Waals surface area contributed by atoms with E-state index in [1.807, 2.05) is 0 Å². The van der Waals surface area contributed by atoms with Gasteiger partial charge in [-0.15, -0.1) is 0 Å². The molecule has 0 spiro atoms. The fourth-order valence-electron chi connectivity index (χ4n) is 3.49. The largest absolute Gasteiger partial charge is 0.406 e. The van der Waals surface area contributed by atoms with Gasteiger partial charge in [-0.05, 0) is 56.7 Å². The first kappa shape index (κ1) is 21.4. The van der Waals surface area contributed by atoms with Crippen LogP contribution in [0.4, 0.5) is 13.2 Å². The van der Waals surface area contributed by atoms with Crippen molar-refractivity contribution in [3.05, 3.63) is 28.8 Å². The first-order chi connectivity index (χ1) is 13.0. The molecule has 1 saturated heterocycles. The van der Waals surface area contributed by atoms with E-state index < -0.39 is 34.7 Å². The number of carbonyl (C=O) groups excluding carboxylic acids is 1. The number of benzene rings is 1. The molecule has 1 heterocycles. The van der Waals surface area contributed by atoms with E-state index in [-0.39, 0.29) is 21.4 Å². The maximum absolute atomic E-state index is 13.1. The number of hydrogen-bond donors (Lipinski definition) is 0. The number of alkyl halides is 3. The Kier molecular flexibility index (Phi) is 5.99. The highest BCUT2D eigenvalue weighted by Gasteiger charge is 2.41. The Hall–Kier alpha value is -1.32. The summed E-state index contributed by atoms with van der Waals surface area (Å²) in [6.45, 7) is 0.948. The molecule has 1 amide bonds. The van der Waals surface area contributed by atoms with Crippen molar-refractivity contribution in [2.45, 2.75) is 49.7 Å². The van der Waals surface area contributed by atoms with Crippen LogP contribution >= 0.6 is 11.6 Å². The van der Waals surface area contributed by atoms with E-state index in [1.165, 1.54) is 16.4 Å². The first-order valence-electron chi connectivity index (χ1n) is 9.18. The molecule has 1 aromatic carbocycles. The smallest absolute Gasteiger partial charge is 0.327 e. The van der Waals surface area contributed by atoms with Crippen molar-refractivity contribution in [1.29, 1.82) is 0 Å². The number of sulfonamides is 1. The van der Waals surface area contributed by atoms with E-state index in [9.17, 15) is 26.4 Å². The third kappa shape index (κ3) is 4.63. The third-order valence-corrected chi connectivity index (χ3v) is 7.50. The SMILES string of the molecule is C[C@@H](C1CC1)N(CC(F)(F)F)C(=O)c1cc(S(=O)(=O)N2CCCC2)ccc1Cl. The highest BCUT2D eigenvalue weighted by molar-refractivity contribution is 7.89. The average Bonchev–Trinajstić information content (AvgIpc) is 3.31. The number of rotatable bonds is 6. The lowest BCUT2D eigenvalue weighted by molar-refractivity contribution is -0.144. The molecule has 28 heavy (non-hydrogen) atoms. The van der Waals surface area contributed by atoms with E-state index in [2.05, 4.69) is 0 Å². The van der Waals surface area contributed by atoms with E-state index in [1.54, 1.807) is 6.92 Å². The Labute approximate surface area is 167 Å². The number of halogens is 4. The van der Waals surface area contributed by atoms with Crippen LogP contribution < -0.4 is 0 Å². The molecule has 1 aliphatic carbocycles. The Balaban J connectivity index is 1.95. The molecule has 1 saturated carbocycles. The summed E-state index contributed by atoms with van der Waals surface area (Å²) in [5, 5.41) is -0.0689. The number of amides is 1. The fraction of sp³-hybridized carbons (Fsp3) is 0.611. The Morgan fingerprint density at radius 2 is 1.89 bits per heavy atom. The molecule has 0 unspecified atom stereocenters. The minimum absolute atomic E-state index is 0.0154. The number of hydrogen-bond acceptors (Lipinski definition) is 3. The highest BCUT2D eigenvalue weighted by atomic mass is 35.5. The Morgan fingerprint density at radius 1 is 1.29 bits per heavy atom. The molecule has 1 aliphatic heterocycles. The molecular weight excluding hydrogens is 417 g/mol. The lowest BCUT2D eigenvalue weighted by Crippen LogP contribution is -2.45. The fourth-order valence-corrected chi connectivity index (χ4v) is 5.23. The Morgan fingerprint density at radius 3 is 2.43 bits per heavy atom. The predicted octanol–water partition coefficient (Wildman–Crippen LogP) is 3.93. The summed E-state index contributed by atoms with van der Waals surface area (Å²) in [6.07, 6.45) is -1.54. The molecule has 0 bridgehead atoms. The van der Waals surface area contributed by atoms with Crippen molar-refractivity contribution in [2.24, 2.45) is 5.92 Å². The minimum Gasteiger partial charge on any atom is -0.327 e. The molecule has 5 nitrogen and oxygen atoms in total. The van der Waals surface area contributed by atoms with Gasteiger partial charge in [-0.3, -0.25) is 4.79 Å². The summed E-state index contributed by atoms with van der Waals surface area (Å²) in [6, 6.07) is 3.03. The van der Waals surface area contributed by atoms with E-state index in [0.717, 1.165) is 36.6 Å². The van der Waals surface area contributed by atoms with E-state index in [4.69, 9.17) is 11.6 Å². The number of carbonyl (C=O) groups is 1. The molecule has 3 rings (SSSR count). The zero-order chi connectivity index (χ0) is 20.7. The van der Waals surface area contributed by atoms with Gasteiger partial charge >= 0.3 is 6.18 Å². The van der Waals surface area contributed by atoms with Gasteiger partial charge in [0.25, 0.3) is 5.91 Å². The molecule has 0 radical (unpaired) electrons. The van der Waals surface area contributed by atoms with Crippen LogP contribution in [-0.4, -0.2) is 55.4 Å². The van der Waals surface area contributed by atoms with Gasteiger partial charge in [-0.1, -0.05) is 11.6 Å². The molecule has 1 aromatic rings. The molecule has 2 aliphatic rings. The van der Waals surface area contributed by atoms with Crippen LogP contribution in [-0.2, 0) is 10.0 Å². The zero-order valence-electron chi connectivity index (χ0n) is 15.4. The van der Waals surface area contributed by atoms with Crippen molar-refractivity contribution >= 4 is 27.5 Å². The molecule has 156 valence electrons.